The standard InChI is InChI=1S/C19H22N4O3S/c1-12-4-6-13(7-5-12)20-19(25)23-9-8-14-16(11-23)27-18(21-14)22-17(24)15-3-2-10-26-15/h4-7,15H,2-3,8-11H2,1H3,(H,20,25)(H,21,22,24). The maximum atomic E-state index is 12.5. The Labute approximate surface area is 161 Å². The van der Waals surface area contributed by atoms with Gasteiger partial charge in [0.05, 0.1) is 12.2 Å². The van der Waals surface area contributed by atoms with Gasteiger partial charge in [-0.1, -0.05) is 29.0 Å². The van der Waals surface area contributed by atoms with Crippen LogP contribution in [0.3, 0.4) is 0 Å². The van der Waals surface area contributed by atoms with E-state index in [1.165, 1.54) is 11.3 Å². The lowest BCUT2D eigenvalue weighted by Crippen LogP contribution is -2.38. The summed E-state index contributed by atoms with van der Waals surface area (Å²) in [4.78, 5) is 32.0. The number of carbonyl (C=O) groups excluding carboxylic acids is 2. The van der Waals surface area contributed by atoms with Crippen LogP contribution in [-0.2, 0) is 22.5 Å². The normalized spacial score (nSPS) is 18.9. The van der Waals surface area contributed by atoms with Crippen LogP contribution >= 0.6 is 11.3 Å². The average Bonchev–Trinajstić information content (AvgIpc) is 3.32. The monoisotopic (exact) mass is 386 g/mol. The molecule has 2 aliphatic rings. The highest BCUT2D eigenvalue weighted by Gasteiger charge is 2.27. The molecule has 1 fully saturated rings. The quantitative estimate of drug-likeness (QED) is 0.849. The number of benzene rings is 1. The van der Waals surface area contributed by atoms with Crippen LogP contribution in [0.15, 0.2) is 24.3 Å². The fraction of sp³-hybridized carbons (Fsp3) is 0.421. The van der Waals surface area contributed by atoms with Crippen LogP contribution < -0.4 is 10.6 Å². The minimum Gasteiger partial charge on any atom is -0.368 e. The molecule has 8 heteroatoms. The molecule has 1 unspecified atom stereocenters. The fourth-order valence-corrected chi connectivity index (χ4v) is 4.26. The van der Waals surface area contributed by atoms with Crippen molar-refractivity contribution in [3.63, 3.8) is 0 Å². The number of ether oxygens (including phenoxy) is 1. The summed E-state index contributed by atoms with van der Waals surface area (Å²) in [7, 11) is 0. The van der Waals surface area contributed by atoms with Gasteiger partial charge in [-0.25, -0.2) is 9.78 Å². The van der Waals surface area contributed by atoms with E-state index in [0.717, 1.165) is 34.7 Å². The maximum absolute atomic E-state index is 12.5. The lowest BCUT2D eigenvalue weighted by atomic mass is 10.2. The van der Waals surface area contributed by atoms with E-state index in [1.807, 2.05) is 31.2 Å². The van der Waals surface area contributed by atoms with Crippen LogP contribution in [0.25, 0.3) is 0 Å². The Hall–Kier alpha value is -2.45. The number of nitrogens with zero attached hydrogens (tertiary/aromatic N) is 2. The molecule has 3 heterocycles. The van der Waals surface area contributed by atoms with Crippen LogP contribution in [0.4, 0.5) is 15.6 Å². The number of aromatic nitrogens is 1. The van der Waals surface area contributed by atoms with E-state index >= 15 is 0 Å². The van der Waals surface area contributed by atoms with E-state index in [-0.39, 0.29) is 18.0 Å². The summed E-state index contributed by atoms with van der Waals surface area (Å²) in [6, 6.07) is 7.61. The van der Waals surface area contributed by atoms with Gasteiger partial charge >= 0.3 is 6.03 Å². The molecule has 1 atom stereocenters. The number of thiazole rings is 1. The highest BCUT2D eigenvalue weighted by atomic mass is 32.1. The van der Waals surface area contributed by atoms with Crippen molar-refractivity contribution in [3.8, 4) is 0 Å². The third-order valence-electron chi connectivity index (χ3n) is 4.77. The molecule has 3 amide bonds. The van der Waals surface area contributed by atoms with Crippen molar-refractivity contribution in [1.29, 1.82) is 0 Å². The van der Waals surface area contributed by atoms with Crippen LogP contribution in [0.2, 0.25) is 0 Å². The van der Waals surface area contributed by atoms with Crippen LogP contribution in [-0.4, -0.2) is 41.1 Å². The largest absolute Gasteiger partial charge is 0.368 e. The number of amides is 3. The second-order valence-corrected chi connectivity index (χ2v) is 7.93. The Kier molecular flexibility index (Phi) is 5.09. The lowest BCUT2D eigenvalue weighted by molar-refractivity contribution is -0.124. The first kappa shape index (κ1) is 17.9. The Balaban J connectivity index is 1.37. The number of hydrogen-bond donors (Lipinski definition) is 2. The second-order valence-electron chi connectivity index (χ2n) is 6.85. The van der Waals surface area contributed by atoms with Gasteiger partial charge in [0.2, 0.25) is 0 Å². The molecule has 1 aromatic heterocycles. The molecule has 27 heavy (non-hydrogen) atoms. The zero-order valence-electron chi connectivity index (χ0n) is 15.2. The number of nitrogens with one attached hydrogen (secondary N) is 2. The molecule has 0 spiro atoms. The van der Waals surface area contributed by atoms with Gasteiger partial charge in [0.1, 0.15) is 6.10 Å². The number of fused-ring (bicyclic) bond motifs is 1. The molecule has 2 N–H and O–H groups in total. The molecule has 2 aromatic rings. The van der Waals surface area contributed by atoms with Crippen molar-refractivity contribution < 1.29 is 14.3 Å². The average molecular weight is 386 g/mol. The van der Waals surface area contributed by atoms with Gasteiger partial charge < -0.3 is 15.0 Å². The number of hydrogen-bond acceptors (Lipinski definition) is 5. The molecular weight excluding hydrogens is 364 g/mol. The van der Waals surface area contributed by atoms with Gasteiger partial charge in [0.15, 0.2) is 5.13 Å². The minimum absolute atomic E-state index is 0.122. The predicted octanol–water partition coefficient (Wildman–Crippen LogP) is 3.16. The SMILES string of the molecule is Cc1ccc(NC(=O)N2CCc3nc(NC(=O)C4CCCO4)sc3C2)cc1. The summed E-state index contributed by atoms with van der Waals surface area (Å²) in [5, 5.41) is 6.37. The lowest BCUT2D eigenvalue weighted by Gasteiger charge is -2.26. The molecule has 0 bridgehead atoms. The van der Waals surface area contributed by atoms with Crippen LogP contribution in [0, 0.1) is 6.92 Å². The highest BCUT2D eigenvalue weighted by Crippen LogP contribution is 2.29. The number of urea groups is 1. The van der Waals surface area contributed by atoms with Crippen molar-refractivity contribution in [2.45, 2.75) is 38.8 Å². The first-order chi connectivity index (χ1) is 13.1. The molecule has 1 aromatic carbocycles. The van der Waals surface area contributed by atoms with E-state index in [2.05, 4.69) is 15.6 Å². The van der Waals surface area contributed by atoms with Crippen molar-refractivity contribution in [3.05, 3.63) is 40.4 Å². The summed E-state index contributed by atoms with van der Waals surface area (Å²) in [5.41, 5.74) is 2.89. The zero-order chi connectivity index (χ0) is 18.8. The van der Waals surface area contributed by atoms with Crippen molar-refractivity contribution in [2.75, 3.05) is 23.8 Å². The Morgan fingerprint density at radius 3 is 2.81 bits per heavy atom. The fourth-order valence-electron chi connectivity index (χ4n) is 3.23. The van der Waals surface area contributed by atoms with E-state index in [9.17, 15) is 9.59 Å². The molecule has 2 aliphatic heterocycles. The van der Waals surface area contributed by atoms with Gasteiger partial charge in [-0.05, 0) is 31.9 Å². The van der Waals surface area contributed by atoms with E-state index in [0.29, 0.717) is 31.2 Å². The first-order valence-electron chi connectivity index (χ1n) is 9.12. The van der Waals surface area contributed by atoms with E-state index < -0.39 is 0 Å². The summed E-state index contributed by atoms with van der Waals surface area (Å²) in [6.07, 6.45) is 1.98. The number of anilines is 2. The van der Waals surface area contributed by atoms with Gasteiger partial charge in [0, 0.05) is 30.1 Å². The van der Waals surface area contributed by atoms with E-state index in [4.69, 9.17) is 4.74 Å². The van der Waals surface area contributed by atoms with Gasteiger partial charge in [-0.15, -0.1) is 0 Å². The number of rotatable bonds is 3. The first-order valence-corrected chi connectivity index (χ1v) is 9.94. The third-order valence-corrected chi connectivity index (χ3v) is 5.77. The summed E-state index contributed by atoms with van der Waals surface area (Å²) < 4.78 is 5.41. The molecule has 0 aliphatic carbocycles. The molecule has 0 radical (unpaired) electrons. The van der Waals surface area contributed by atoms with Gasteiger partial charge in [0.25, 0.3) is 5.91 Å². The van der Waals surface area contributed by atoms with E-state index in [1.54, 1.807) is 4.90 Å². The molecule has 0 saturated carbocycles. The zero-order valence-corrected chi connectivity index (χ0v) is 16.0. The Morgan fingerprint density at radius 2 is 2.07 bits per heavy atom. The van der Waals surface area contributed by atoms with Gasteiger partial charge in [-0.3, -0.25) is 10.1 Å². The summed E-state index contributed by atoms with van der Waals surface area (Å²) in [5.74, 6) is -0.132. The minimum atomic E-state index is -0.372. The summed E-state index contributed by atoms with van der Waals surface area (Å²) >= 11 is 1.43. The molecule has 7 nitrogen and oxygen atoms in total. The Bertz CT molecular complexity index is 843. The second kappa shape index (κ2) is 7.66. The van der Waals surface area contributed by atoms with Crippen molar-refractivity contribution >= 4 is 34.1 Å². The molecule has 142 valence electrons. The summed E-state index contributed by atoms with van der Waals surface area (Å²) in [6.45, 7) is 3.75. The smallest absolute Gasteiger partial charge is 0.322 e. The number of carbonyl (C=O) groups is 2. The topological polar surface area (TPSA) is 83.6 Å². The molecule has 1 saturated heterocycles. The maximum Gasteiger partial charge on any atom is 0.322 e. The van der Waals surface area contributed by atoms with Crippen LogP contribution in [0.5, 0.6) is 0 Å². The third kappa shape index (κ3) is 4.12. The highest BCUT2D eigenvalue weighted by molar-refractivity contribution is 7.15. The predicted molar refractivity (Wildman–Crippen MR) is 104 cm³/mol. The van der Waals surface area contributed by atoms with Crippen molar-refractivity contribution in [1.82, 2.24) is 9.88 Å². The van der Waals surface area contributed by atoms with Gasteiger partial charge in [-0.2, -0.15) is 0 Å². The van der Waals surface area contributed by atoms with Crippen LogP contribution in [0.1, 0.15) is 29.0 Å². The van der Waals surface area contributed by atoms with Crippen molar-refractivity contribution in [2.24, 2.45) is 0 Å². The molecule has 4 rings (SSSR count). The number of aryl methyl sites for hydroxylation is 1. The Morgan fingerprint density at radius 1 is 1.26 bits per heavy atom. The molecular formula is C19H22N4O3S.